The zero-order valence-corrected chi connectivity index (χ0v) is 34.2. The minimum absolute atomic E-state index is 0.0151. The first-order valence-electron chi connectivity index (χ1n) is 18.8. The van der Waals surface area contributed by atoms with Gasteiger partial charge in [0.25, 0.3) is 0 Å². The van der Waals surface area contributed by atoms with Gasteiger partial charge < -0.3 is 42.8 Å². The van der Waals surface area contributed by atoms with E-state index in [0.29, 0.717) is 153 Å². The third-order valence-corrected chi connectivity index (χ3v) is 10.9. The fraction of sp³-hybridized carbons (Fsp3) is 0.667. The minimum Gasteiger partial charge on any atom is -0.379 e. The van der Waals surface area contributed by atoms with E-state index >= 15 is 0 Å². The number of Topliss-reactive ketones (excluding diaryl/α,β-unsaturated/α-hetero) is 1. The Morgan fingerprint density at radius 3 is 1.83 bits per heavy atom. The molecule has 306 valence electrons. The predicted octanol–water partition coefficient (Wildman–Crippen LogP) is 5.63. The van der Waals surface area contributed by atoms with E-state index in [4.69, 9.17) is 61.1 Å². The number of ketones is 1. The maximum atomic E-state index is 13.2. The molecule has 12 nitrogen and oxygen atoms in total. The van der Waals surface area contributed by atoms with Gasteiger partial charge in [0.05, 0.1) is 96.5 Å². The van der Waals surface area contributed by atoms with Gasteiger partial charge in [-0.15, -0.1) is 0 Å². The van der Waals surface area contributed by atoms with Gasteiger partial charge in [0.2, 0.25) is 0 Å². The van der Waals surface area contributed by atoms with Crippen molar-refractivity contribution in [1.29, 1.82) is 0 Å². The van der Waals surface area contributed by atoms with Crippen molar-refractivity contribution in [3.8, 4) is 0 Å². The van der Waals surface area contributed by atoms with Crippen LogP contribution >= 0.6 is 23.2 Å². The fourth-order valence-electron chi connectivity index (χ4n) is 5.77. The third-order valence-electron chi connectivity index (χ3n) is 8.52. The highest BCUT2D eigenvalue weighted by Crippen LogP contribution is 2.38. The SMILES string of the molecule is CCOCCOCCOCCOCCOCCC(=O)CCCOCCOCCOCCCS(=O)(=O)c1cccc(C2CN(C)Cc3c(Cl)cc(Cl)cc32)c1. The van der Waals surface area contributed by atoms with E-state index in [1.807, 2.05) is 26.1 Å². The summed E-state index contributed by atoms with van der Waals surface area (Å²) in [6.45, 7) is 10.9. The van der Waals surface area contributed by atoms with Gasteiger partial charge in [0.15, 0.2) is 9.84 Å². The van der Waals surface area contributed by atoms with E-state index in [9.17, 15) is 13.2 Å². The second-order valence-electron chi connectivity index (χ2n) is 12.8. The molecule has 3 rings (SSSR count). The topological polar surface area (TPSA) is 128 Å². The maximum absolute atomic E-state index is 13.2. The molecule has 1 aliphatic rings. The normalized spacial score (nSPS) is 14.8. The van der Waals surface area contributed by atoms with Crippen molar-refractivity contribution in [1.82, 2.24) is 4.90 Å². The molecule has 0 fully saturated rings. The smallest absolute Gasteiger partial charge is 0.178 e. The predicted molar refractivity (Wildman–Crippen MR) is 209 cm³/mol. The number of fused-ring (bicyclic) bond motifs is 1. The largest absolute Gasteiger partial charge is 0.379 e. The van der Waals surface area contributed by atoms with E-state index in [-0.39, 0.29) is 17.5 Å². The summed E-state index contributed by atoms with van der Waals surface area (Å²) in [5, 5.41) is 1.19. The molecule has 0 radical (unpaired) electrons. The number of halogens is 2. The van der Waals surface area contributed by atoms with Crippen LogP contribution in [0, 0.1) is 0 Å². The van der Waals surface area contributed by atoms with Crippen LogP contribution in [0.15, 0.2) is 41.3 Å². The molecule has 2 aromatic rings. The fourth-order valence-corrected chi connectivity index (χ4v) is 7.68. The van der Waals surface area contributed by atoms with Crippen LogP contribution in [0.3, 0.4) is 0 Å². The monoisotopic (exact) mass is 819 g/mol. The highest BCUT2D eigenvalue weighted by atomic mass is 35.5. The Kier molecular flexibility index (Phi) is 24.0. The van der Waals surface area contributed by atoms with Crippen LogP contribution < -0.4 is 0 Å². The molecule has 0 saturated heterocycles. The van der Waals surface area contributed by atoms with Crippen molar-refractivity contribution in [3.63, 3.8) is 0 Å². The molecule has 1 aliphatic heterocycles. The average Bonchev–Trinajstić information content (AvgIpc) is 3.15. The molecular formula is C39H59Cl2NO11S. The van der Waals surface area contributed by atoms with Crippen LogP contribution in [0.2, 0.25) is 10.0 Å². The Morgan fingerprint density at radius 1 is 0.704 bits per heavy atom. The van der Waals surface area contributed by atoms with Gasteiger partial charge in [0.1, 0.15) is 5.78 Å². The van der Waals surface area contributed by atoms with E-state index < -0.39 is 9.84 Å². The minimum atomic E-state index is -3.50. The number of sulfone groups is 1. The van der Waals surface area contributed by atoms with Gasteiger partial charge in [-0.3, -0.25) is 4.79 Å². The number of rotatable bonds is 32. The zero-order chi connectivity index (χ0) is 38.9. The first-order chi connectivity index (χ1) is 26.2. The number of hydrogen-bond donors (Lipinski definition) is 0. The lowest BCUT2D eigenvalue weighted by Crippen LogP contribution is -2.31. The molecule has 54 heavy (non-hydrogen) atoms. The molecule has 0 spiro atoms. The lowest BCUT2D eigenvalue weighted by atomic mass is 9.85. The molecule has 0 saturated carbocycles. The van der Waals surface area contributed by atoms with Gasteiger partial charge >= 0.3 is 0 Å². The Morgan fingerprint density at radius 2 is 1.24 bits per heavy atom. The third kappa shape index (κ3) is 18.9. The van der Waals surface area contributed by atoms with Gasteiger partial charge in [-0.1, -0.05) is 35.3 Å². The summed E-state index contributed by atoms with van der Waals surface area (Å²) in [6.07, 6.45) is 1.83. The summed E-state index contributed by atoms with van der Waals surface area (Å²) < 4.78 is 69.9. The van der Waals surface area contributed by atoms with Crippen LogP contribution in [0.5, 0.6) is 0 Å². The Hall–Kier alpha value is -1.72. The number of benzene rings is 2. The quantitative estimate of drug-likeness (QED) is 0.0850. The highest BCUT2D eigenvalue weighted by molar-refractivity contribution is 7.91. The first kappa shape index (κ1) is 46.7. The number of hydrogen-bond acceptors (Lipinski definition) is 12. The molecule has 0 aromatic heterocycles. The van der Waals surface area contributed by atoms with E-state index in [1.165, 1.54) is 0 Å². The lowest BCUT2D eigenvalue weighted by molar-refractivity contribution is -0.120. The molecule has 2 aromatic carbocycles. The standard InChI is InChI=1S/C39H59Cl2NO11S/c1-3-46-14-15-50-22-23-53-25-24-52-21-18-49-13-10-34(43)8-5-11-47-16-19-51-20-17-48-12-6-26-54(44,45)35-9-4-7-32(27-35)37-30-42(2)31-38-36(37)28-33(40)29-39(38)41/h4,7,9,27-29,37H,3,5-6,8,10-26,30-31H2,1-2H3. The summed E-state index contributed by atoms with van der Waals surface area (Å²) in [6, 6.07) is 10.9. The molecule has 1 unspecified atom stereocenters. The summed E-state index contributed by atoms with van der Waals surface area (Å²) in [5.74, 6) is 0.0848. The Labute approximate surface area is 331 Å². The Bertz CT molecular complexity index is 1450. The molecular weight excluding hydrogens is 761 g/mol. The van der Waals surface area contributed by atoms with Crippen molar-refractivity contribution in [2.45, 2.75) is 50.0 Å². The lowest BCUT2D eigenvalue weighted by Gasteiger charge is -2.33. The molecule has 0 aliphatic carbocycles. The summed E-state index contributed by atoms with van der Waals surface area (Å²) in [4.78, 5) is 14.5. The van der Waals surface area contributed by atoms with Crippen molar-refractivity contribution in [2.24, 2.45) is 0 Å². The number of likely N-dealkylation sites (N-methyl/N-ethyl adjacent to an activating group) is 1. The van der Waals surface area contributed by atoms with Gasteiger partial charge in [0, 0.05) is 61.7 Å². The van der Waals surface area contributed by atoms with Crippen molar-refractivity contribution in [2.75, 3.05) is 125 Å². The number of carbonyl (C=O) groups excluding carboxylic acids is 1. The number of nitrogens with zero attached hydrogens (tertiary/aromatic N) is 1. The van der Waals surface area contributed by atoms with E-state index in [2.05, 4.69) is 4.90 Å². The molecule has 1 atom stereocenters. The van der Waals surface area contributed by atoms with Crippen molar-refractivity contribution in [3.05, 3.63) is 63.1 Å². The van der Waals surface area contributed by atoms with Crippen LogP contribution in [0.25, 0.3) is 0 Å². The van der Waals surface area contributed by atoms with Crippen LogP contribution in [-0.2, 0) is 59.1 Å². The molecule has 1 heterocycles. The molecule has 0 amide bonds. The van der Waals surface area contributed by atoms with E-state index in [0.717, 1.165) is 23.2 Å². The highest BCUT2D eigenvalue weighted by Gasteiger charge is 2.28. The summed E-state index contributed by atoms with van der Waals surface area (Å²) in [5.41, 5.74) is 2.97. The summed E-state index contributed by atoms with van der Waals surface area (Å²) in [7, 11) is -1.47. The average molecular weight is 821 g/mol. The van der Waals surface area contributed by atoms with Crippen LogP contribution in [-0.4, -0.2) is 144 Å². The number of carbonyl (C=O) groups is 1. The second kappa shape index (κ2) is 27.8. The van der Waals surface area contributed by atoms with Crippen LogP contribution in [0.4, 0.5) is 0 Å². The zero-order valence-electron chi connectivity index (χ0n) is 31.9. The van der Waals surface area contributed by atoms with Crippen LogP contribution in [0.1, 0.15) is 55.2 Å². The molecule has 15 heteroatoms. The summed E-state index contributed by atoms with van der Waals surface area (Å²) >= 11 is 12.8. The van der Waals surface area contributed by atoms with Gasteiger partial charge in [-0.2, -0.15) is 0 Å². The van der Waals surface area contributed by atoms with Crippen molar-refractivity contribution >= 4 is 38.8 Å². The van der Waals surface area contributed by atoms with Gasteiger partial charge in [-0.05, 0) is 67.8 Å². The van der Waals surface area contributed by atoms with Crippen molar-refractivity contribution < 1.29 is 51.1 Å². The molecule has 0 N–H and O–H groups in total. The van der Waals surface area contributed by atoms with E-state index in [1.54, 1.807) is 24.3 Å². The Balaban J connectivity index is 1.12. The second-order valence-corrected chi connectivity index (χ2v) is 15.8. The number of ether oxygens (including phenoxy) is 8. The first-order valence-corrected chi connectivity index (χ1v) is 21.2. The maximum Gasteiger partial charge on any atom is 0.178 e. The molecule has 0 bridgehead atoms. The van der Waals surface area contributed by atoms with Gasteiger partial charge in [-0.25, -0.2) is 8.42 Å².